The lowest BCUT2D eigenvalue weighted by Gasteiger charge is -2.14. The molecule has 2 aromatic rings. The molecule has 0 aliphatic rings. The number of carbonyl (C=O) groups excluding carboxylic acids is 1. The standard InChI is InChI=1S/C20H22O4/c1-5-8-24-19-12(2)9-16(10-13(19)3)15-6-7-17(20(22)23)18(11-15)14(4)21/h6-7,9-11H,5,8H2,1-4H3,(H,22,23). The van der Waals surface area contributed by atoms with Gasteiger partial charge in [0.05, 0.1) is 12.2 Å². The maximum Gasteiger partial charge on any atom is 0.336 e. The number of ether oxygens (including phenoxy) is 1. The largest absolute Gasteiger partial charge is 0.493 e. The summed E-state index contributed by atoms with van der Waals surface area (Å²) >= 11 is 0. The van der Waals surface area contributed by atoms with Crippen LogP contribution in [0.25, 0.3) is 11.1 Å². The average Bonchev–Trinajstić information content (AvgIpc) is 2.53. The average molecular weight is 326 g/mol. The summed E-state index contributed by atoms with van der Waals surface area (Å²) in [5.41, 5.74) is 4.05. The molecule has 0 fully saturated rings. The number of hydrogen-bond acceptors (Lipinski definition) is 3. The first kappa shape index (κ1) is 17.7. The van der Waals surface area contributed by atoms with Crippen molar-refractivity contribution in [2.45, 2.75) is 34.1 Å². The molecule has 0 atom stereocenters. The summed E-state index contributed by atoms with van der Waals surface area (Å²) in [6.45, 7) is 8.08. The van der Waals surface area contributed by atoms with Gasteiger partial charge in [0.1, 0.15) is 5.75 Å². The Morgan fingerprint density at radius 2 is 1.62 bits per heavy atom. The van der Waals surface area contributed by atoms with Crippen molar-refractivity contribution < 1.29 is 19.4 Å². The highest BCUT2D eigenvalue weighted by Crippen LogP contribution is 2.31. The van der Waals surface area contributed by atoms with Crippen LogP contribution in [0.1, 0.15) is 52.1 Å². The lowest BCUT2D eigenvalue weighted by Crippen LogP contribution is -2.06. The van der Waals surface area contributed by atoms with Crippen molar-refractivity contribution in [3.8, 4) is 16.9 Å². The van der Waals surface area contributed by atoms with E-state index in [0.29, 0.717) is 6.61 Å². The minimum atomic E-state index is -1.09. The van der Waals surface area contributed by atoms with Gasteiger partial charge in [-0.05, 0) is 73.7 Å². The number of carboxylic acid groups (broad SMARTS) is 1. The van der Waals surface area contributed by atoms with Crippen LogP contribution in [0.4, 0.5) is 0 Å². The van der Waals surface area contributed by atoms with Crippen LogP contribution in [0.3, 0.4) is 0 Å². The Morgan fingerprint density at radius 3 is 2.12 bits per heavy atom. The van der Waals surface area contributed by atoms with Crippen LogP contribution < -0.4 is 4.74 Å². The highest BCUT2D eigenvalue weighted by Gasteiger charge is 2.15. The van der Waals surface area contributed by atoms with E-state index in [0.717, 1.165) is 34.4 Å². The number of carbonyl (C=O) groups is 2. The number of aryl methyl sites for hydroxylation is 2. The van der Waals surface area contributed by atoms with Gasteiger partial charge in [0, 0.05) is 5.56 Å². The van der Waals surface area contributed by atoms with Crippen molar-refractivity contribution in [3.05, 3.63) is 52.6 Å². The van der Waals surface area contributed by atoms with Crippen molar-refractivity contribution in [3.63, 3.8) is 0 Å². The van der Waals surface area contributed by atoms with Gasteiger partial charge in [-0.2, -0.15) is 0 Å². The van der Waals surface area contributed by atoms with Gasteiger partial charge in [-0.1, -0.05) is 13.0 Å². The highest BCUT2D eigenvalue weighted by molar-refractivity contribution is 6.05. The van der Waals surface area contributed by atoms with Crippen LogP contribution in [0, 0.1) is 13.8 Å². The molecule has 0 amide bonds. The topological polar surface area (TPSA) is 63.6 Å². The van der Waals surface area contributed by atoms with E-state index in [9.17, 15) is 14.7 Å². The Hall–Kier alpha value is -2.62. The zero-order valence-corrected chi connectivity index (χ0v) is 14.5. The summed E-state index contributed by atoms with van der Waals surface area (Å²) in [4.78, 5) is 23.0. The molecule has 0 aliphatic heterocycles. The third kappa shape index (κ3) is 3.65. The molecule has 0 spiro atoms. The summed E-state index contributed by atoms with van der Waals surface area (Å²) in [6.07, 6.45) is 0.944. The molecule has 4 heteroatoms. The fourth-order valence-electron chi connectivity index (χ4n) is 2.75. The first-order valence-corrected chi connectivity index (χ1v) is 7.97. The van der Waals surface area contributed by atoms with E-state index in [4.69, 9.17) is 4.74 Å². The highest BCUT2D eigenvalue weighted by atomic mass is 16.5. The number of Topliss-reactive ketones (excluding diaryl/α,β-unsaturated/α-hetero) is 1. The normalized spacial score (nSPS) is 10.5. The molecule has 24 heavy (non-hydrogen) atoms. The summed E-state index contributed by atoms with van der Waals surface area (Å²) in [7, 11) is 0. The quantitative estimate of drug-likeness (QED) is 0.784. The Morgan fingerprint density at radius 1 is 1.00 bits per heavy atom. The number of benzene rings is 2. The van der Waals surface area contributed by atoms with Gasteiger partial charge < -0.3 is 9.84 Å². The van der Waals surface area contributed by atoms with Gasteiger partial charge in [0.2, 0.25) is 0 Å². The van der Waals surface area contributed by atoms with Crippen molar-refractivity contribution >= 4 is 11.8 Å². The van der Waals surface area contributed by atoms with Gasteiger partial charge in [-0.15, -0.1) is 0 Å². The number of hydrogen-bond donors (Lipinski definition) is 1. The second kappa shape index (κ2) is 7.30. The number of ketones is 1. The predicted octanol–water partition coefficient (Wildman–Crippen LogP) is 4.66. The van der Waals surface area contributed by atoms with Crippen molar-refractivity contribution in [2.75, 3.05) is 6.61 Å². The molecule has 0 radical (unpaired) electrons. The van der Waals surface area contributed by atoms with Crippen LogP contribution in [-0.2, 0) is 0 Å². The predicted molar refractivity (Wildman–Crippen MR) is 94.1 cm³/mol. The van der Waals surface area contributed by atoms with Crippen LogP contribution in [0.2, 0.25) is 0 Å². The van der Waals surface area contributed by atoms with E-state index in [1.165, 1.54) is 13.0 Å². The van der Waals surface area contributed by atoms with E-state index in [1.807, 2.05) is 26.0 Å². The number of aromatic carboxylic acids is 1. The molecule has 1 N–H and O–H groups in total. The molecule has 126 valence electrons. The number of rotatable bonds is 6. The third-order valence-electron chi connectivity index (χ3n) is 3.87. The molecule has 0 heterocycles. The maximum absolute atomic E-state index is 11.8. The molecule has 0 aromatic heterocycles. The molecular weight excluding hydrogens is 304 g/mol. The Bertz CT molecular complexity index is 767. The molecule has 0 saturated carbocycles. The summed E-state index contributed by atoms with van der Waals surface area (Å²) in [5, 5.41) is 9.21. The van der Waals surface area contributed by atoms with E-state index in [2.05, 4.69) is 6.92 Å². The number of carboxylic acids is 1. The SMILES string of the molecule is CCCOc1c(C)cc(-c2ccc(C(=O)O)c(C(C)=O)c2)cc1C. The molecule has 0 bridgehead atoms. The first-order valence-electron chi connectivity index (χ1n) is 7.97. The van der Waals surface area contributed by atoms with Crippen LogP contribution in [0.15, 0.2) is 30.3 Å². The summed E-state index contributed by atoms with van der Waals surface area (Å²) < 4.78 is 5.79. The summed E-state index contributed by atoms with van der Waals surface area (Å²) in [6, 6.07) is 8.86. The van der Waals surface area contributed by atoms with E-state index >= 15 is 0 Å². The van der Waals surface area contributed by atoms with E-state index in [-0.39, 0.29) is 16.9 Å². The van der Waals surface area contributed by atoms with Crippen molar-refractivity contribution in [1.82, 2.24) is 0 Å². The first-order chi connectivity index (χ1) is 11.3. The molecule has 2 aromatic carbocycles. The lowest BCUT2D eigenvalue weighted by atomic mass is 9.95. The second-order valence-electron chi connectivity index (χ2n) is 5.91. The van der Waals surface area contributed by atoms with Crippen LogP contribution in [0.5, 0.6) is 5.75 Å². The smallest absolute Gasteiger partial charge is 0.336 e. The summed E-state index contributed by atoms with van der Waals surface area (Å²) in [5.74, 6) is -0.470. The van der Waals surface area contributed by atoms with Crippen LogP contribution in [-0.4, -0.2) is 23.5 Å². The van der Waals surface area contributed by atoms with E-state index < -0.39 is 5.97 Å². The minimum absolute atomic E-state index is 0.0302. The van der Waals surface area contributed by atoms with Crippen molar-refractivity contribution in [2.24, 2.45) is 0 Å². The van der Waals surface area contributed by atoms with Gasteiger partial charge >= 0.3 is 5.97 Å². The molecule has 0 unspecified atom stereocenters. The van der Waals surface area contributed by atoms with Gasteiger partial charge in [-0.3, -0.25) is 4.79 Å². The minimum Gasteiger partial charge on any atom is -0.493 e. The Balaban J connectivity index is 2.51. The third-order valence-corrected chi connectivity index (χ3v) is 3.87. The molecule has 4 nitrogen and oxygen atoms in total. The fourth-order valence-corrected chi connectivity index (χ4v) is 2.75. The van der Waals surface area contributed by atoms with Gasteiger partial charge in [0.25, 0.3) is 0 Å². The fraction of sp³-hybridized carbons (Fsp3) is 0.300. The van der Waals surface area contributed by atoms with Crippen molar-refractivity contribution in [1.29, 1.82) is 0 Å². The second-order valence-corrected chi connectivity index (χ2v) is 5.91. The van der Waals surface area contributed by atoms with Gasteiger partial charge in [0.15, 0.2) is 5.78 Å². The zero-order chi connectivity index (χ0) is 17.9. The monoisotopic (exact) mass is 326 g/mol. The maximum atomic E-state index is 11.8. The molecule has 2 rings (SSSR count). The molecule has 0 saturated heterocycles. The zero-order valence-electron chi connectivity index (χ0n) is 14.5. The molecular formula is C20H22O4. The Kier molecular flexibility index (Phi) is 5.39. The lowest BCUT2D eigenvalue weighted by molar-refractivity contribution is 0.0692. The Labute approximate surface area is 142 Å². The van der Waals surface area contributed by atoms with Gasteiger partial charge in [-0.25, -0.2) is 4.79 Å². The molecule has 0 aliphatic carbocycles. The van der Waals surface area contributed by atoms with Crippen LogP contribution >= 0.6 is 0 Å². The van der Waals surface area contributed by atoms with E-state index in [1.54, 1.807) is 12.1 Å².